The first kappa shape index (κ1) is 15.0. The van der Waals surface area contributed by atoms with Crippen LogP contribution in [0.1, 0.15) is 37.5 Å². The van der Waals surface area contributed by atoms with Crippen molar-refractivity contribution in [2.75, 3.05) is 13.1 Å². The summed E-state index contributed by atoms with van der Waals surface area (Å²) in [6.07, 6.45) is 3.98. The Morgan fingerprint density at radius 2 is 2.30 bits per heavy atom. The third kappa shape index (κ3) is 4.07. The molecule has 0 aliphatic carbocycles. The van der Waals surface area contributed by atoms with Gasteiger partial charge in [0.25, 0.3) is 0 Å². The normalized spacial score (nSPS) is 18.9. The fourth-order valence-electron chi connectivity index (χ4n) is 2.69. The predicted octanol–water partition coefficient (Wildman–Crippen LogP) is 2.20. The van der Waals surface area contributed by atoms with Crippen LogP contribution in [0.5, 0.6) is 0 Å². The van der Waals surface area contributed by atoms with Gasteiger partial charge in [-0.1, -0.05) is 6.07 Å². The van der Waals surface area contributed by atoms with Gasteiger partial charge in [-0.3, -0.25) is 9.59 Å². The Labute approximate surface area is 124 Å². The number of likely N-dealkylation sites (tertiary alicyclic amines) is 1. The van der Waals surface area contributed by atoms with Crippen LogP contribution in [0.25, 0.3) is 0 Å². The van der Waals surface area contributed by atoms with E-state index in [9.17, 15) is 9.59 Å². The molecule has 2 rings (SSSR count). The monoisotopic (exact) mass is 294 g/mol. The average Bonchev–Trinajstić information content (AvgIpc) is 2.92. The number of amides is 2. The quantitative estimate of drug-likeness (QED) is 0.905. The number of rotatable bonds is 5. The smallest absolute Gasteiger partial charge is 0.228 e. The van der Waals surface area contributed by atoms with Gasteiger partial charge in [-0.15, -0.1) is 11.3 Å². The third-order valence-corrected chi connectivity index (χ3v) is 4.52. The maximum absolute atomic E-state index is 12.4. The number of carbonyl (C=O) groups excluding carboxylic acids is 2. The van der Waals surface area contributed by atoms with Crippen LogP contribution in [0.4, 0.5) is 0 Å². The Balaban J connectivity index is 1.95. The van der Waals surface area contributed by atoms with Crippen molar-refractivity contribution in [3.05, 3.63) is 22.4 Å². The van der Waals surface area contributed by atoms with E-state index in [-0.39, 0.29) is 17.9 Å². The highest BCUT2D eigenvalue weighted by atomic mass is 32.1. The molecule has 1 saturated heterocycles. The van der Waals surface area contributed by atoms with Crippen molar-refractivity contribution in [3.8, 4) is 0 Å². The number of nitrogens with one attached hydrogen (secondary N) is 1. The Kier molecular flexibility index (Phi) is 5.59. The summed E-state index contributed by atoms with van der Waals surface area (Å²) in [5.74, 6) is 0.203. The molecule has 1 atom stereocenters. The molecular weight excluding hydrogens is 272 g/mol. The van der Waals surface area contributed by atoms with E-state index in [1.165, 1.54) is 0 Å². The Morgan fingerprint density at radius 3 is 3.00 bits per heavy atom. The van der Waals surface area contributed by atoms with Crippen LogP contribution in [-0.4, -0.2) is 35.8 Å². The standard InChI is InChI=1S/C15H22N2O2S/c1-2-16-14(18)10-12-6-3-4-8-17(12)15(19)11-13-7-5-9-20-13/h5,7,9,12H,2-4,6,8,10-11H2,1H3,(H,16,18)/t12-/m0/s1. The molecule has 1 aliphatic rings. The minimum atomic E-state index is 0.0494. The van der Waals surface area contributed by atoms with Crippen LogP contribution < -0.4 is 5.32 Å². The van der Waals surface area contributed by atoms with Gasteiger partial charge in [0.1, 0.15) is 0 Å². The third-order valence-electron chi connectivity index (χ3n) is 3.65. The van der Waals surface area contributed by atoms with Gasteiger partial charge < -0.3 is 10.2 Å². The van der Waals surface area contributed by atoms with Gasteiger partial charge in [0.05, 0.1) is 6.42 Å². The fraction of sp³-hybridized carbons (Fsp3) is 0.600. The van der Waals surface area contributed by atoms with E-state index in [2.05, 4.69) is 5.32 Å². The van der Waals surface area contributed by atoms with E-state index >= 15 is 0 Å². The van der Waals surface area contributed by atoms with Crippen LogP contribution in [0.3, 0.4) is 0 Å². The molecule has 0 radical (unpaired) electrons. The Morgan fingerprint density at radius 1 is 1.45 bits per heavy atom. The summed E-state index contributed by atoms with van der Waals surface area (Å²) in [7, 11) is 0. The van der Waals surface area contributed by atoms with Crippen molar-refractivity contribution < 1.29 is 9.59 Å². The predicted molar refractivity (Wildman–Crippen MR) is 80.7 cm³/mol. The highest BCUT2D eigenvalue weighted by molar-refractivity contribution is 7.10. The Hall–Kier alpha value is -1.36. The van der Waals surface area contributed by atoms with Gasteiger partial charge in [-0.2, -0.15) is 0 Å². The highest BCUT2D eigenvalue weighted by Gasteiger charge is 2.28. The molecule has 1 aromatic rings. The number of hydrogen-bond acceptors (Lipinski definition) is 3. The molecule has 20 heavy (non-hydrogen) atoms. The van der Waals surface area contributed by atoms with Crippen molar-refractivity contribution in [1.82, 2.24) is 10.2 Å². The second-order valence-corrected chi connectivity index (χ2v) is 6.18. The number of hydrogen-bond donors (Lipinski definition) is 1. The van der Waals surface area contributed by atoms with E-state index in [0.29, 0.717) is 19.4 Å². The van der Waals surface area contributed by atoms with E-state index in [1.807, 2.05) is 29.3 Å². The van der Waals surface area contributed by atoms with Gasteiger partial charge in [-0.05, 0) is 37.6 Å². The molecule has 0 bridgehead atoms. The number of piperidine rings is 1. The molecule has 5 heteroatoms. The fourth-order valence-corrected chi connectivity index (χ4v) is 3.38. The van der Waals surface area contributed by atoms with Crippen LogP contribution in [0.2, 0.25) is 0 Å². The van der Waals surface area contributed by atoms with Gasteiger partial charge in [0.15, 0.2) is 0 Å². The van der Waals surface area contributed by atoms with Crippen molar-refractivity contribution in [2.24, 2.45) is 0 Å². The second-order valence-electron chi connectivity index (χ2n) is 5.15. The Bertz CT molecular complexity index is 445. The molecule has 1 fully saturated rings. The summed E-state index contributed by atoms with van der Waals surface area (Å²) < 4.78 is 0. The molecule has 110 valence electrons. The zero-order valence-electron chi connectivity index (χ0n) is 11.9. The minimum Gasteiger partial charge on any atom is -0.356 e. The molecule has 4 nitrogen and oxygen atoms in total. The summed E-state index contributed by atoms with van der Waals surface area (Å²) in [5.41, 5.74) is 0. The molecule has 0 unspecified atom stereocenters. The van der Waals surface area contributed by atoms with Gasteiger partial charge >= 0.3 is 0 Å². The lowest BCUT2D eigenvalue weighted by Crippen LogP contribution is -2.46. The summed E-state index contributed by atoms with van der Waals surface area (Å²) in [4.78, 5) is 27.2. The van der Waals surface area contributed by atoms with Gasteiger partial charge in [0, 0.05) is 30.4 Å². The first-order chi connectivity index (χ1) is 9.70. The molecule has 0 aromatic carbocycles. The van der Waals surface area contributed by atoms with Crippen molar-refractivity contribution >= 4 is 23.2 Å². The first-order valence-electron chi connectivity index (χ1n) is 7.29. The SMILES string of the molecule is CCNC(=O)C[C@@H]1CCCCN1C(=O)Cc1cccs1. The lowest BCUT2D eigenvalue weighted by atomic mass is 9.98. The van der Waals surface area contributed by atoms with Crippen LogP contribution >= 0.6 is 11.3 Å². The molecule has 2 amide bonds. The highest BCUT2D eigenvalue weighted by Crippen LogP contribution is 2.21. The molecule has 0 spiro atoms. The van der Waals surface area contributed by atoms with Crippen LogP contribution in [0, 0.1) is 0 Å². The molecule has 1 N–H and O–H groups in total. The summed E-state index contributed by atoms with van der Waals surface area (Å²) in [6.45, 7) is 3.35. The summed E-state index contributed by atoms with van der Waals surface area (Å²) in [6, 6.07) is 4.03. The lowest BCUT2D eigenvalue weighted by Gasteiger charge is -2.35. The number of nitrogens with zero attached hydrogens (tertiary/aromatic N) is 1. The molecule has 1 aliphatic heterocycles. The maximum atomic E-state index is 12.4. The largest absolute Gasteiger partial charge is 0.356 e. The number of thiophene rings is 1. The van der Waals surface area contributed by atoms with E-state index in [0.717, 1.165) is 30.7 Å². The maximum Gasteiger partial charge on any atom is 0.228 e. The minimum absolute atomic E-state index is 0.0494. The van der Waals surface area contributed by atoms with Gasteiger partial charge in [-0.25, -0.2) is 0 Å². The summed E-state index contributed by atoms with van der Waals surface area (Å²) in [5, 5.41) is 4.81. The van der Waals surface area contributed by atoms with E-state index in [1.54, 1.807) is 11.3 Å². The molecule has 2 heterocycles. The van der Waals surface area contributed by atoms with Crippen molar-refractivity contribution in [2.45, 2.75) is 45.1 Å². The molecule has 1 aromatic heterocycles. The summed E-state index contributed by atoms with van der Waals surface area (Å²) >= 11 is 1.61. The van der Waals surface area contributed by atoms with E-state index < -0.39 is 0 Å². The average molecular weight is 294 g/mol. The lowest BCUT2D eigenvalue weighted by molar-refractivity contribution is -0.135. The zero-order valence-corrected chi connectivity index (χ0v) is 12.7. The number of carbonyl (C=O) groups is 2. The second kappa shape index (κ2) is 7.43. The first-order valence-corrected chi connectivity index (χ1v) is 8.17. The molecule has 0 saturated carbocycles. The van der Waals surface area contributed by atoms with Crippen molar-refractivity contribution in [1.29, 1.82) is 0 Å². The van der Waals surface area contributed by atoms with Crippen LogP contribution in [-0.2, 0) is 16.0 Å². The van der Waals surface area contributed by atoms with E-state index in [4.69, 9.17) is 0 Å². The molecular formula is C15H22N2O2S. The topological polar surface area (TPSA) is 49.4 Å². The van der Waals surface area contributed by atoms with Gasteiger partial charge in [0.2, 0.25) is 11.8 Å². The van der Waals surface area contributed by atoms with Crippen LogP contribution in [0.15, 0.2) is 17.5 Å². The van der Waals surface area contributed by atoms with Crippen molar-refractivity contribution in [3.63, 3.8) is 0 Å². The zero-order chi connectivity index (χ0) is 14.4.